The van der Waals surface area contributed by atoms with Crippen LogP contribution in [0.1, 0.15) is 40.0 Å². The highest BCUT2D eigenvalue weighted by Crippen LogP contribution is 2.09. The zero-order valence-corrected chi connectivity index (χ0v) is 11.2. The van der Waals surface area contributed by atoms with Gasteiger partial charge in [0.2, 0.25) is 5.91 Å². The van der Waals surface area contributed by atoms with Crippen LogP contribution in [0, 0.1) is 5.92 Å². The van der Waals surface area contributed by atoms with E-state index >= 15 is 0 Å². The summed E-state index contributed by atoms with van der Waals surface area (Å²) in [6.45, 7) is 5.41. The van der Waals surface area contributed by atoms with E-state index in [2.05, 4.69) is 10.1 Å². The van der Waals surface area contributed by atoms with Gasteiger partial charge in [0.15, 0.2) is 0 Å². The van der Waals surface area contributed by atoms with Crippen molar-refractivity contribution in [2.75, 3.05) is 7.11 Å². The predicted octanol–water partition coefficient (Wildman–Crippen LogP) is 0.818. The van der Waals surface area contributed by atoms with Crippen molar-refractivity contribution < 1.29 is 14.3 Å². The molecule has 3 atom stereocenters. The highest BCUT2D eigenvalue weighted by atomic mass is 16.5. The number of esters is 1. The smallest absolute Gasteiger partial charge is 0.328 e. The minimum atomic E-state index is -0.594. The number of methoxy groups -OCH3 is 1. The molecule has 0 saturated carbocycles. The first-order chi connectivity index (χ1) is 7.88. The maximum atomic E-state index is 11.7. The van der Waals surface area contributed by atoms with E-state index in [4.69, 9.17) is 5.73 Å². The Hall–Kier alpha value is -1.10. The molecule has 0 aromatic rings. The molecule has 17 heavy (non-hydrogen) atoms. The van der Waals surface area contributed by atoms with E-state index in [0.29, 0.717) is 0 Å². The number of amides is 1. The van der Waals surface area contributed by atoms with Crippen LogP contribution in [0.25, 0.3) is 0 Å². The molecule has 5 nitrogen and oxygen atoms in total. The summed E-state index contributed by atoms with van der Waals surface area (Å²) >= 11 is 0. The fourth-order valence-electron chi connectivity index (χ4n) is 1.47. The van der Waals surface area contributed by atoms with E-state index in [1.165, 1.54) is 7.11 Å². The Kier molecular flexibility index (Phi) is 7.54. The summed E-state index contributed by atoms with van der Waals surface area (Å²) in [7, 11) is 1.30. The van der Waals surface area contributed by atoms with E-state index in [1.807, 2.05) is 13.8 Å². The van der Waals surface area contributed by atoms with Gasteiger partial charge in [-0.3, -0.25) is 4.79 Å². The van der Waals surface area contributed by atoms with Crippen molar-refractivity contribution in [1.82, 2.24) is 5.32 Å². The molecule has 0 aromatic heterocycles. The average Bonchev–Trinajstić information content (AvgIpc) is 2.26. The SMILES string of the molecule is COC(=O)[C@H](C)NC(=O)C(C)CCCC(C)N. The molecule has 0 radical (unpaired) electrons. The van der Waals surface area contributed by atoms with Crippen LogP contribution in [-0.2, 0) is 14.3 Å². The molecule has 1 amide bonds. The van der Waals surface area contributed by atoms with Crippen LogP contribution in [0.3, 0.4) is 0 Å². The van der Waals surface area contributed by atoms with Crippen LogP contribution in [0.15, 0.2) is 0 Å². The van der Waals surface area contributed by atoms with Crippen LogP contribution in [0.5, 0.6) is 0 Å². The number of nitrogens with two attached hydrogens (primary N) is 1. The van der Waals surface area contributed by atoms with E-state index in [-0.39, 0.29) is 17.9 Å². The lowest BCUT2D eigenvalue weighted by molar-refractivity contribution is -0.145. The predicted molar refractivity (Wildman–Crippen MR) is 66.3 cm³/mol. The number of nitrogens with one attached hydrogen (secondary N) is 1. The van der Waals surface area contributed by atoms with Gasteiger partial charge < -0.3 is 15.8 Å². The molecule has 0 rings (SSSR count). The van der Waals surface area contributed by atoms with Crippen molar-refractivity contribution in [3.8, 4) is 0 Å². The molecule has 0 saturated heterocycles. The van der Waals surface area contributed by atoms with E-state index in [1.54, 1.807) is 6.92 Å². The van der Waals surface area contributed by atoms with Crippen molar-refractivity contribution in [2.24, 2.45) is 11.7 Å². The van der Waals surface area contributed by atoms with E-state index in [0.717, 1.165) is 19.3 Å². The first-order valence-corrected chi connectivity index (χ1v) is 6.02. The minimum absolute atomic E-state index is 0.110. The Bertz CT molecular complexity index is 254. The number of ether oxygens (including phenoxy) is 1. The lowest BCUT2D eigenvalue weighted by Crippen LogP contribution is -2.41. The summed E-state index contributed by atoms with van der Waals surface area (Å²) < 4.78 is 4.54. The van der Waals surface area contributed by atoms with Crippen molar-refractivity contribution >= 4 is 11.9 Å². The van der Waals surface area contributed by atoms with Gasteiger partial charge in [-0.15, -0.1) is 0 Å². The van der Waals surface area contributed by atoms with Crippen molar-refractivity contribution in [2.45, 2.75) is 52.1 Å². The second-order valence-electron chi connectivity index (χ2n) is 4.56. The summed E-state index contributed by atoms with van der Waals surface area (Å²) in [5.74, 6) is -0.658. The third kappa shape index (κ3) is 6.94. The third-order valence-corrected chi connectivity index (χ3v) is 2.66. The van der Waals surface area contributed by atoms with Gasteiger partial charge in [-0.2, -0.15) is 0 Å². The molecule has 2 unspecified atom stereocenters. The van der Waals surface area contributed by atoms with Gasteiger partial charge in [0.05, 0.1) is 7.11 Å². The number of hydrogen-bond donors (Lipinski definition) is 2. The van der Waals surface area contributed by atoms with Gasteiger partial charge >= 0.3 is 5.97 Å². The van der Waals surface area contributed by atoms with Crippen molar-refractivity contribution in [3.05, 3.63) is 0 Å². The Labute approximate surface area is 103 Å². The Morgan fingerprint density at radius 1 is 1.24 bits per heavy atom. The van der Waals surface area contributed by atoms with Gasteiger partial charge in [0.25, 0.3) is 0 Å². The first kappa shape index (κ1) is 15.9. The Balaban J connectivity index is 3.93. The van der Waals surface area contributed by atoms with Crippen LogP contribution >= 0.6 is 0 Å². The molecule has 0 bridgehead atoms. The molecule has 0 aromatic carbocycles. The topological polar surface area (TPSA) is 81.4 Å². The van der Waals surface area contributed by atoms with Crippen LogP contribution in [0.4, 0.5) is 0 Å². The van der Waals surface area contributed by atoms with Crippen molar-refractivity contribution in [1.29, 1.82) is 0 Å². The number of carbonyl (C=O) groups excluding carboxylic acids is 2. The summed E-state index contributed by atoms with van der Waals surface area (Å²) in [6, 6.07) is -0.428. The summed E-state index contributed by atoms with van der Waals surface area (Å²) in [5, 5.41) is 2.62. The summed E-state index contributed by atoms with van der Waals surface area (Å²) in [4.78, 5) is 22.8. The second-order valence-corrected chi connectivity index (χ2v) is 4.56. The molecule has 0 aliphatic rings. The second kappa shape index (κ2) is 8.06. The number of hydrogen-bond acceptors (Lipinski definition) is 4. The molecular weight excluding hydrogens is 220 g/mol. The number of rotatable bonds is 7. The average molecular weight is 244 g/mol. The molecule has 0 aliphatic heterocycles. The third-order valence-electron chi connectivity index (χ3n) is 2.66. The zero-order valence-electron chi connectivity index (χ0n) is 11.2. The molecule has 0 spiro atoms. The first-order valence-electron chi connectivity index (χ1n) is 6.02. The van der Waals surface area contributed by atoms with Crippen LogP contribution in [-0.4, -0.2) is 31.1 Å². The maximum absolute atomic E-state index is 11.7. The minimum Gasteiger partial charge on any atom is -0.467 e. The molecule has 0 fully saturated rings. The lowest BCUT2D eigenvalue weighted by Gasteiger charge is -2.16. The summed E-state index contributed by atoms with van der Waals surface area (Å²) in [6.07, 6.45) is 2.60. The van der Waals surface area contributed by atoms with Gasteiger partial charge in [0.1, 0.15) is 6.04 Å². The lowest BCUT2D eigenvalue weighted by atomic mass is 10.0. The fourth-order valence-corrected chi connectivity index (χ4v) is 1.47. The molecule has 100 valence electrons. The van der Waals surface area contributed by atoms with Crippen molar-refractivity contribution in [3.63, 3.8) is 0 Å². The zero-order chi connectivity index (χ0) is 13.4. The van der Waals surface area contributed by atoms with E-state index < -0.39 is 12.0 Å². The Morgan fingerprint density at radius 2 is 1.82 bits per heavy atom. The molecule has 5 heteroatoms. The Morgan fingerprint density at radius 3 is 2.29 bits per heavy atom. The van der Waals surface area contributed by atoms with E-state index in [9.17, 15) is 9.59 Å². The molecule has 3 N–H and O–H groups in total. The van der Waals surface area contributed by atoms with Gasteiger partial charge in [-0.1, -0.05) is 13.3 Å². The molecular formula is C12H24N2O3. The maximum Gasteiger partial charge on any atom is 0.328 e. The van der Waals surface area contributed by atoms with Crippen LogP contribution < -0.4 is 11.1 Å². The standard InChI is InChI=1S/C12H24N2O3/c1-8(6-5-7-9(2)13)11(15)14-10(3)12(16)17-4/h8-10H,5-7,13H2,1-4H3,(H,14,15)/t8?,9?,10-/m0/s1. The fraction of sp³-hybridized carbons (Fsp3) is 0.833. The summed E-state index contributed by atoms with van der Waals surface area (Å²) in [5.41, 5.74) is 5.63. The van der Waals surface area contributed by atoms with Gasteiger partial charge in [-0.25, -0.2) is 4.79 Å². The largest absolute Gasteiger partial charge is 0.467 e. The molecule has 0 aliphatic carbocycles. The van der Waals surface area contributed by atoms with Gasteiger partial charge in [-0.05, 0) is 26.7 Å². The highest BCUT2D eigenvalue weighted by molar-refractivity contribution is 5.85. The number of carbonyl (C=O) groups is 2. The quantitative estimate of drug-likeness (QED) is 0.650. The molecule has 0 heterocycles. The highest BCUT2D eigenvalue weighted by Gasteiger charge is 2.19. The van der Waals surface area contributed by atoms with Gasteiger partial charge in [0, 0.05) is 12.0 Å². The monoisotopic (exact) mass is 244 g/mol. The van der Waals surface area contributed by atoms with Crippen LogP contribution in [0.2, 0.25) is 0 Å². The normalized spacial score (nSPS) is 15.8.